The van der Waals surface area contributed by atoms with Gasteiger partial charge in [0.25, 0.3) is 11.8 Å². The number of urea groups is 1. The lowest BCUT2D eigenvalue weighted by atomic mass is 9.88. The third kappa shape index (κ3) is 5.47. The van der Waals surface area contributed by atoms with E-state index >= 15 is 0 Å². The van der Waals surface area contributed by atoms with E-state index in [2.05, 4.69) is 10.6 Å². The number of nitrogens with one attached hydrogen (secondary N) is 2. The fraction of sp³-hybridized carbons (Fsp3) is 0.500. The first kappa shape index (κ1) is 22.7. The Bertz CT molecular complexity index is 805. The van der Waals surface area contributed by atoms with Gasteiger partial charge < -0.3 is 15.4 Å². The predicted octanol–water partition coefficient (Wildman–Crippen LogP) is 3.02. The van der Waals surface area contributed by atoms with Gasteiger partial charge in [-0.15, -0.1) is 0 Å². The molecule has 0 atom stereocenters. The second-order valence-electron chi connectivity index (χ2n) is 7.10. The molecule has 8 nitrogen and oxygen atoms in total. The predicted molar refractivity (Wildman–Crippen MR) is 109 cm³/mol. The van der Waals surface area contributed by atoms with Crippen LogP contribution in [0.4, 0.5) is 10.5 Å². The van der Waals surface area contributed by atoms with Crippen molar-refractivity contribution in [2.45, 2.75) is 52.0 Å². The van der Waals surface area contributed by atoms with Crippen LogP contribution in [0.15, 0.2) is 18.2 Å². The number of halogens is 1. The molecular weight excluding hydrogens is 398 g/mol. The summed E-state index contributed by atoms with van der Waals surface area (Å²) in [7, 11) is 0. The van der Waals surface area contributed by atoms with Crippen LogP contribution < -0.4 is 10.6 Å². The molecule has 1 aromatic rings. The Kier molecular flexibility index (Phi) is 7.61. The zero-order chi connectivity index (χ0) is 21.6. The molecular formula is C20H26ClN3O5. The van der Waals surface area contributed by atoms with Gasteiger partial charge in [0.1, 0.15) is 12.1 Å². The van der Waals surface area contributed by atoms with E-state index in [0.717, 1.165) is 10.5 Å². The Morgan fingerprint density at radius 1 is 1.21 bits per heavy atom. The Balaban J connectivity index is 1.90. The summed E-state index contributed by atoms with van der Waals surface area (Å²) in [6, 6.07) is 4.50. The summed E-state index contributed by atoms with van der Waals surface area (Å²) in [5, 5.41) is 5.63. The van der Waals surface area contributed by atoms with Gasteiger partial charge in [0.15, 0.2) is 6.61 Å². The molecule has 1 aromatic carbocycles. The molecule has 0 saturated carbocycles. The van der Waals surface area contributed by atoms with Crippen LogP contribution in [0.25, 0.3) is 0 Å². The molecule has 1 fully saturated rings. The van der Waals surface area contributed by atoms with Crippen molar-refractivity contribution in [1.82, 2.24) is 10.2 Å². The van der Waals surface area contributed by atoms with Gasteiger partial charge in [-0.3, -0.25) is 19.3 Å². The Hall–Kier alpha value is -2.61. The summed E-state index contributed by atoms with van der Waals surface area (Å²) in [4.78, 5) is 49.9. The maximum atomic E-state index is 12.7. The zero-order valence-electron chi connectivity index (χ0n) is 16.8. The minimum atomic E-state index is -0.972. The van der Waals surface area contributed by atoms with Crippen LogP contribution in [-0.4, -0.2) is 47.4 Å². The summed E-state index contributed by atoms with van der Waals surface area (Å²) in [6.07, 6.45) is 2.42. The lowest BCUT2D eigenvalue weighted by molar-refractivity contribution is -0.150. The largest absolute Gasteiger partial charge is 0.454 e. The molecule has 0 radical (unpaired) electrons. The van der Waals surface area contributed by atoms with Gasteiger partial charge in [0.2, 0.25) is 0 Å². The number of rotatable bonds is 9. The molecule has 1 aliphatic heterocycles. The molecule has 1 heterocycles. The van der Waals surface area contributed by atoms with E-state index in [-0.39, 0.29) is 0 Å². The van der Waals surface area contributed by atoms with Crippen molar-refractivity contribution in [3.8, 4) is 0 Å². The number of benzene rings is 1. The maximum Gasteiger partial charge on any atom is 0.326 e. The number of imide groups is 1. The number of anilines is 1. The smallest absolute Gasteiger partial charge is 0.326 e. The summed E-state index contributed by atoms with van der Waals surface area (Å²) in [5.74, 6) is -1.85. The van der Waals surface area contributed by atoms with Gasteiger partial charge in [-0.2, -0.15) is 0 Å². The molecule has 1 aliphatic rings. The molecule has 0 bridgehead atoms. The third-order valence-corrected chi connectivity index (χ3v) is 4.96. The van der Waals surface area contributed by atoms with Crippen molar-refractivity contribution in [1.29, 1.82) is 0 Å². The Morgan fingerprint density at radius 2 is 1.86 bits per heavy atom. The number of ether oxygens (including phenoxy) is 1. The van der Waals surface area contributed by atoms with Crippen molar-refractivity contribution in [3.05, 3.63) is 28.8 Å². The number of hydrogen-bond donors (Lipinski definition) is 2. The average Bonchev–Trinajstić information content (AvgIpc) is 2.87. The molecule has 4 amide bonds. The van der Waals surface area contributed by atoms with Gasteiger partial charge >= 0.3 is 12.0 Å². The van der Waals surface area contributed by atoms with Crippen LogP contribution in [0, 0.1) is 6.92 Å². The van der Waals surface area contributed by atoms with E-state index in [4.69, 9.17) is 16.3 Å². The second kappa shape index (κ2) is 9.73. The van der Waals surface area contributed by atoms with Crippen molar-refractivity contribution in [2.24, 2.45) is 0 Å². The fourth-order valence-corrected chi connectivity index (χ4v) is 3.65. The molecule has 0 aliphatic carbocycles. The fourth-order valence-electron chi connectivity index (χ4n) is 3.37. The van der Waals surface area contributed by atoms with Gasteiger partial charge in [0, 0.05) is 0 Å². The minimum Gasteiger partial charge on any atom is -0.454 e. The summed E-state index contributed by atoms with van der Waals surface area (Å²) >= 11 is 6.05. The normalized spacial score (nSPS) is 15.2. The standard InChI is InChI=1S/C20H26ClN3O5/c1-4-8-20(9-5-2)18(27)24(19(28)23-20)11-17(26)29-12-16(25)22-15-7-6-13(3)10-14(15)21/h6-7,10H,4-5,8-9,11-12H2,1-3H3,(H,22,25)(H,23,28). The van der Waals surface area contributed by atoms with Gasteiger partial charge in [-0.05, 0) is 37.5 Å². The van der Waals surface area contributed by atoms with Crippen LogP contribution in [0.1, 0.15) is 45.1 Å². The highest BCUT2D eigenvalue weighted by Gasteiger charge is 2.50. The monoisotopic (exact) mass is 423 g/mol. The first-order valence-corrected chi connectivity index (χ1v) is 9.96. The van der Waals surface area contributed by atoms with Gasteiger partial charge in [-0.1, -0.05) is 44.4 Å². The Morgan fingerprint density at radius 3 is 2.45 bits per heavy atom. The average molecular weight is 424 g/mol. The molecule has 2 rings (SSSR count). The number of carbonyl (C=O) groups excluding carboxylic acids is 4. The van der Waals surface area contributed by atoms with E-state index in [1.54, 1.807) is 18.2 Å². The summed E-state index contributed by atoms with van der Waals surface area (Å²) in [5.41, 5.74) is 0.368. The highest BCUT2D eigenvalue weighted by molar-refractivity contribution is 6.33. The number of carbonyl (C=O) groups is 4. The molecule has 29 heavy (non-hydrogen) atoms. The molecule has 158 valence electrons. The lowest BCUT2D eigenvalue weighted by Gasteiger charge is -2.25. The van der Waals surface area contributed by atoms with Crippen LogP contribution in [0.3, 0.4) is 0 Å². The van der Waals surface area contributed by atoms with Crippen molar-refractivity contribution < 1.29 is 23.9 Å². The lowest BCUT2D eigenvalue weighted by Crippen LogP contribution is -2.47. The van der Waals surface area contributed by atoms with E-state index in [0.29, 0.717) is 36.4 Å². The van der Waals surface area contributed by atoms with Crippen LogP contribution in [-0.2, 0) is 19.1 Å². The molecule has 1 saturated heterocycles. The number of nitrogens with zero attached hydrogens (tertiary/aromatic N) is 1. The quantitative estimate of drug-likeness (QED) is 0.469. The number of esters is 1. The minimum absolute atomic E-state index is 0.368. The number of aryl methyl sites for hydroxylation is 1. The van der Waals surface area contributed by atoms with Crippen molar-refractivity contribution in [3.63, 3.8) is 0 Å². The van der Waals surface area contributed by atoms with Gasteiger partial charge in [-0.25, -0.2) is 4.79 Å². The molecule has 2 N–H and O–H groups in total. The molecule has 0 spiro atoms. The van der Waals surface area contributed by atoms with E-state index in [1.165, 1.54) is 0 Å². The molecule has 0 aromatic heterocycles. The highest BCUT2D eigenvalue weighted by Crippen LogP contribution is 2.28. The maximum absolute atomic E-state index is 12.7. The Labute approximate surface area is 174 Å². The third-order valence-electron chi connectivity index (χ3n) is 4.65. The van der Waals surface area contributed by atoms with Gasteiger partial charge in [0.05, 0.1) is 10.7 Å². The van der Waals surface area contributed by atoms with Crippen LogP contribution >= 0.6 is 11.6 Å². The first-order chi connectivity index (χ1) is 13.7. The van der Waals surface area contributed by atoms with Crippen LogP contribution in [0.5, 0.6) is 0 Å². The highest BCUT2D eigenvalue weighted by atomic mass is 35.5. The molecule has 9 heteroatoms. The second-order valence-corrected chi connectivity index (χ2v) is 7.50. The zero-order valence-corrected chi connectivity index (χ0v) is 17.6. The van der Waals surface area contributed by atoms with E-state index in [9.17, 15) is 19.2 Å². The summed E-state index contributed by atoms with van der Waals surface area (Å²) in [6.45, 7) is 4.62. The topological polar surface area (TPSA) is 105 Å². The van der Waals surface area contributed by atoms with E-state index in [1.807, 2.05) is 20.8 Å². The molecule has 0 unspecified atom stereocenters. The summed E-state index contributed by atoms with van der Waals surface area (Å²) < 4.78 is 4.92. The van der Waals surface area contributed by atoms with Crippen molar-refractivity contribution in [2.75, 3.05) is 18.5 Å². The first-order valence-electron chi connectivity index (χ1n) is 9.58. The number of amides is 4. The number of hydrogen-bond acceptors (Lipinski definition) is 5. The SMILES string of the molecule is CCCC1(CCC)NC(=O)N(CC(=O)OCC(=O)Nc2ccc(C)cc2Cl)C1=O. The van der Waals surface area contributed by atoms with Crippen molar-refractivity contribution >= 4 is 41.1 Å². The van der Waals surface area contributed by atoms with Crippen LogP contribution in [0.2, 0.25) is 5.02 Å². The van der Waals surface area contributed by atoms with E-state index < -0.39 is 42.5 Å².